The number of anilines is 3. The fourth-order valence-corrected chi connectivity index (χ4v) is 3.28. The maximum atomic E-state index is 13.4. The Morgan fingerprint density at radius 1 is 1.14 bits per heavy atom. The lowest BCUT2D eigenvalue weighted by atomic mass is 10.1. The minimum Gasteiger partial charge on any atom is -0.393 e. The Morgan fingerprint density at radius 2 is 1.89 bits per heavy atom. The third kappa shape index (κ3) is 4.02. The highest BCUT2D eigenvalue weighted by molar-refractivity contribution is 6.31. The second-order valence-corrected chi connectivity index (χ2v) is 6.94. The van der Waals surface area contributed by atoms with Crippen LogP contribution in [0, 0.1) is 5.82 Å². The molecule has 0 radical (unpaired) electrons. The van der Waals surface area contributed by atoms with E-state index in [4.69, 9.17) is 11.6 Å². The van der Waals surface area contributed by atoms with E-state index < -0.39 is 5.82 Å². The van der Waals surface area contributed by atoms with Crippen molar-refractivity contribution in [1.82, 2.24) is 19.9 Å². The molecule has 1 aliphatic rings. The Bertz CT molecular complexity index is 966. The molecule has 1 aliphatic heterocycles. The molecule has 1 fully saturated rings. The Hall–Kier alpha value is -2.84. The van der Waals surface area contributed by atoms with Crippen LogP contribution in [0.15, 0.2) is 43.1 Å². The molecule has 3 heterocycles. The van der Waals surface area contributed by atoms with Gasteiger partial charge in [-0.15, -0.1) is 0 Å². The molecular formula is C19H18ClFN6O. The summed E-state index contributed by atoms with van der Waals surface area (Å²) in [5, 5.41) is 12.9. The smallest absolute Gasteiger partial charge is 0.229 e. The molecule has 0 bridgehead atoms. The molecular weight excluding hydrogens is 383 g/mol. The second-order valence-electron chi connectivity index (χ2n) is 6.53. The molecule has 3 aromatic rings. The van der Waals surface area contributed by atoms with Gasteiger partial charge in [-0.1, -0.05) is 11.6 Å². The third-order valence-corrected chi connectivity index (χ3v) is 4.87. The number of aromatic nitrogens is 4. The van der Waals surface area contributed by atoms with Crippen LogP contribution in [0.4, 0.5) is 21.8 Å². The molecule has 0 spiro atoms. The summed E-state index contributed by atoms with van der Waals surface area (Å²) in [4.78, 5) is 19.3. The van der Waals surface area contributed by atoms with Gasteiger partial charge in [0.2, 0.25) is 5.95 Å². The quantitative estimate of drug-likeness (QED) is 0.693. The van der Waals surface area contributed by atoms with Gasteiger partial charge in [-0.3, -0.25) is 0 Å². The molecule has 0 saturated carbocycles. The molecule has 144 valence electrons. The first-order chi connectivity index (χ1) is 13.6. The number of piperidine rings is 1. The van der Waals surface area contributed by atoms with Crippen molar-refractivity contribution in [3.8, 4) is 11.1 Å². The molecule has 0 atom stereocenters. The Balaban J connectivity index is 1.69. The number of benzene rings is 1. The number of aliphatic hydroxyl groups excluding tert-OH is 1. The van der Waals surface area contributed by atoms with E-state index >= 15 is 0 Å². The van der Waals surface area contributed by atoms with Crippen molar-refractivity contribution in [1.29, 1.82) is 0 Å². The average Bonchev–Trinajstić information content (AvgIpc) is 2.72. The number of rotatable bonds is 4. The van der Waals surface area contributed by atoms with Gasteiger partial charge < -0.3 is 15.3 Å². The van der Waals surface area contributed by atoms with Gasteiger partial charge in [0, 0.05) is 48.5 Å². The minimum atomic E-state index is -0.486. The number of hydrogen-bond acceptors (Lipinski definition) is 7. The summed E-state index contributed by atoms with van der Waals surface area (Å²) in [6.45, 7) is 1.36. The largest absolute Gasteiger partial charge is 0.393 e. The highest BCUT2D eigenvalue weighted by Gasteiger charge is 2.22. The van der Waals surface area contributed by atoms with Gasteiger partial charge in [-0.25, -0.2) is 19.3 Å². The summed E-state index contributed by atoms with van der Waals surface area (Å²) < 4.78 is 13.4. The lowest BCUT2D eigenvalue weighted by molar-refractivity contribution is 0.145. The molecule has 2 aromatic heterocycles. The van der Waals surface area contributed by atoms with Crippen molar-refractivity contribution in [2.24, 2.45) is 0 Å². The van der Waals surface area contributed by atoms with Crippen molar-refractivity contribution in [2.75, 3.05) is 23.3 Å². The van der Waals surface area contributed by atoms with E-state index in [9.17, 15) is 9.50 Å². The lowest BCUT2D eigenvalue weighted by Crippen LogP contribution is -2.36. The Labute approximate surface area is 166 Å². The van der Waals surface area contributed by atoms with Crippen LogP contribution in [-0.4, -0.2) is 44.2 Å². The average molecular weight is 401 g/mol. The molecule has 1 aromatic carbocycles. The first kappa shape index (κ1) is 18.5. The van der Waals surface area contributed by atoms with Gasteiger partial charge in [0.05, 0.1) is 11.1 Å². The van der Waals surface area contributed by atoms with Crippen LogP contribution in [0.25, 0.3) is 11.1 Å². The van der Waals surface area contributed by atoms with E-state index in [2.05, 4.69) is 30.2 Å². The van der Waals surface area contributed by atoms with Gasteiger partial charge >= 0.3 is 0 Å². The van der Waals surface area contributed by atoms with Gasteiger partial charge in [-0.2, -0.15) is 4.98 Å². The number of aliphatic hydroxyl groups is 1. The molecule has 4 rings (SSSR count). The second kappa shape index (κ2) is 8.04. The zero-order valence-corrected chi connectivity index (χ0v) is 15.6. The number of hydrogen-bond donors (Lipinski definition) is 2. The van der Waals surface area contributed by atoms with Crippen molar-refractivity contribution in [3.05, 3.63) is 54.0 Å². The van der Waals surface area contributed by atoms with Gasteiger partial charge in [0.15, 0.2) is 0 Å². The van der Waals surface area contributed by atoms with Crippen LogP contribution in [0.5, 0.6) is 0 Å². The number of halogens is 2. The van der Waals surface area contributed by atoms with Crippen LogP contribution in [0.3, 0.4) is 0 Å². The SMILES string of the molecule is OC1CCN(c2nc(Nc3ccc(F)c(Cl)c3)ncc2-c2cncnc2)CC1. The van der Waals surface area contributed by atoms with Crippen molar-refractivity contribution in [2.45, 2.75) is 18.9 Å². The van der Waals surface area contributed by atoms with Crippen LogP contribution in [0.2, 0.25) is 5.02 Å². The molecule has 7 nitrogen and oxygen atoms in total. The highest BCUT2D eigenvalue weighted by atomic mass is 35.5. The van der Waals surface area contributed by atoms with Crippen LogP contribution in [0.1, 0.15) is 12.8 Å². The van der Waals surface area contributed by atoms with Crippen LogP contribution >= 0.6 is 11.6 Å². The van der Waals surface area contributed by atoms with E-state index in [0.29, 0.717) is 37.6 Å². The zero-order valence-electron chi connectivity index (χ0n) is 14.9. The molecule has 0 amide bonds. The molecule has 0 aliphatic carbocycles. The summed E-state index contributed by atoms with van der Waals surface area (Å²) in [6.07, 6.45) is 7.65. The summed E-state index contributed by atoms with van der Waals surface area (Å²) in [5.74, 6) is 0.608. The minimum absolute atomic E-state index is 0.0216. The molecule has 9 heteroatoms. The maximum Gasteiger partial charge on any atom is 0.229 e. The van der Waals surface area contributed by atoms with Gasteiger partial charge in [0.1, 0.15) is 18.0 Å². The Kier molecular flexibility index (Phi) is 5.31. The van der Waals surface area contributed by atoms with Crippen molar-refractivity contribution >= 4 is 29.1 Å². The zero-order chi connectivity index (χ0) is 19.5. The fraction of sp³-hybridized carbons (Fsp3) is 0.263. The highest BCUT2D eigenvalue weighted by Crippen LogP contribution is 2.31. The fourth-order valence-electron chi connectivity index (χ4n) is 3.10. The van der Waals surface area contributed by atoms with Crippen LogP contribution in [-0.2, 0) is 0 Å². The predicted molar refractivity (Wildman–Crippen MR) is 105 cm³/mol. The summed E-state index contributed by atoms with van der Waals surface area (Å²) in [6, 6.07) is 4.34. The predicted octanol–water partition coefficient (Wildman–Crippen LogP) is 3.43. The first-order valence-corrected chi connectivity index (χ1v) is 9.25. The van der Waals surface area contributed by atoms with Crippen LogP contribution < -0.4 is 10.2 Å². The van der Waals surface area contributed by atoms with Gasteiger partial charge in [-0.05, 0) is 31.0 Å². The number of nitrogens with one attached hydrogen (secondary N) is 1. The lowest BCUT2D eigenvalue weighted by Gasteiger charge is -2.31. The standard InChI is InChI=1S/C19H18ClFN6O/c20-16-7-13(1-2-17(16)21)25-19-24-10-15(12-8-22-11-23-9-12)18(26-19)27-5-3-14(28)4-6-27/h1-2,7-11,14,28H,3-6H2,(H,24,25,26). The number of nitrogens with zero attached hydrogens (tertiary/aromatic N) is 5. The summed E-state index contributed by atoms with van der Waals surface area (Å²) >= 11 is 5.85. The van der Waals surface area contributed by atoms with E-state index in [1.807, 2.05) is 0 Å². The summed E-state index contributed by atoms with van der Waals surface area (Å²) in [5.41, 5.74) is 2.20. The first-order valence-electron chi connectivity index (χ1n) is 8.87. The summed E-state index contributed by atoms with van der Waals surface area (Å²) in [7, 11) is 0. The monoisotopic (exact) mass is 400 g/mol. The molecule has 0 unspecified atom stereocenters. The van der Waals surface area contributed by atoms with E-state index in [0.717, 1.165) is 16.9 Å². The van der Waals surface area contributed by atoms with E-state index in [-0.39, 0.29) is 11.1 Å². The third-order valence-electron chi connectivity index (χ3n) is 4.58. The van der Waals surface area contributed by atoms with E-state index in [1.165, 1.54) is 18.5 Å². The van der Waals surface area contributed by atoms with Crippen molar-refractivity contribution in [3.63, 3.8) is 0 Å². The van der Waals surface area contributed by atoms with Gasteiger partial charge in [0.25, 0.3) is 0 Å². The van der Waals surface area contributed by atoms with Crippen molar-refractivity contribution < 1.29 is 9.50 Å². The topological polar surface area (TPSA) is 87.1 Å². The molecule has 28 heavy (non-hydrogen) atoms. The maximum absolute atomic E-state index is 13.4. The normalized spacial score (nSPS) is 14.9. The Morgan fingerprint density at radius 3 is 2.61 bits per heavy atom. The van der Waals surface area contributed by atoms with E-state index in [1.54, 1.807) is 24.7 Å². The molecule has 1 saturated heterocycles. The molecule has 2 N–H and O–H groups in total.